The first-order chi connectivity index (χ1) is 7.40. The van der Waals surface area contributed by atoms with Crippen LogP contribution in [0.15, 0.2) is 34.9 Å². The summed E-state index contributed by atoms with van der Waals surface area (Å²) in [5, 5.41) is 6.76. The molecule has 0 bridgehead atoms. The lowest BCUT2D eigenvalue weighted by molar-refractivity contribution is 0.433. The van der Waals surface area contributed by atoms with Crippen LogP contribution < -0.4 is 5.32 Å². The smallest absolute Gasteiger partial charge is 0.321 e. The summed E-state index contributed by atoms with van der Waals surface area (Å²) >= 11 is 5.52. The molecular weight excluding hydrogens is 214 g/mol. The van der Waals surface area contributed by atoms with Gasteiger partial charge in [0, 0.05) is 18.0 Å². The number of hydrogen-bond donors (Lipinski definition) is 1. The van der Waals surface area contributed by atoms with Gasteiger partial charge in [0.25, 0.3) is 0 Å². The van der Waals surface area contributed by atoms with Gasteiger partial charge in [-0.2, -0.15) is 4.98 Å². The SMILES string of the molecule is ClCCNc1nc(-c2ccccc2)no1. The normalized spacial score (nSPS) is 10.2. The Morgan fingerprint density at radius 3 is 2.80 bits per heavy atom. The van der Waals surface area contributed by atoms with Crippen LogP contribution in [0.5, 0.6) is 0 Å². The van der Waals surface area contributed by atoms with E-state index in [2.05, 4.69) is 15.5 Å². The predicted molar refractivity (Wildman–Crippen MR) is 58.9 cm³/mol. The van der Waals surface area contributed by atoms with E-state index in [1.165, 1.54) is 0 Å². The summed E-state index contributed by atoms with van der Waals surface area (Å²) in [6, 6.07) is 10.0. The lowest BCUT2D eigenvalue weighted by Gasteiger charge is -1.93. The molecule has 2 rings (SSSR count). The maximum atomic E-state index is 5.52. The summed E-state index contributed by atoms with van der Waals surface area (Å²) in [6.45, 7) is 0.609. The third-order valence-electron chi connectivity index (χ3n) is 1.83. The molecule has 1 N–H and O–H groups in total. The van der Waals surface area contributed by atoms with Crippen LogP contribution in [0.1, 0.15) is 0 Å². The van der Waals surface area contributed by atoms with Gasteiger partial charge < -0.3 is 9.84 Å². The number of benzene rings is 1. The van der Waals surface area contributed by atoms with E-state index in [9.17, 15) is 0 Å². The molecule has 0 aliphatic rings. The van der Waals surface area contributed by atoms with Crippen molar-refractivity contribution in [2.45, 2.75) is 0 Å². The molecule has 78 valence electrons. The first-order valence-corrected chi connectivity index (χ1v) is 5.12. The van der Waals surface area contributed by atoms with Gasteiger partial charge in [0.2, 0.25) is 5.82 Å². The molecule has 0 fully saturated rings. The van der Waals surface area contributed by atoms with E-state index in [4.69, 9.17) is 16.1 Å². The molecule has 0 atom stereocenters. The fraction of sp³-hybridized carbons (Fsp3) is 0.200. The summed E-state index contributed by atoms with van der Waals surface area (Å²) in [6.07, 6.45) is 0. The van der Waals surface area contributed by atoms with Crippen LogP contribution in [0.25, 0.3) is 11.4 Å². The van der Waals surface area contributed by atoms with E-state index < -0.39 is 0 Å². The van der Waals surface area contributed by atoms with Gasteiger partial charge in [0.1, 0.15) is 0 Å². The molecule has 0 aliphatic heterocycles. The Kier molecular flexibility index (Phi) is 3.19. The van der Waals surface area contributed by atoms with Crippen molar-refractivity contribution >= 4 is 17.6 Å². The van der Waals surface area contributed by atoms with Crippen molar-refractivity contribution in [3.05, 3.63) is 30.3 Å². The highest BCUT2D eigenvalue weighted by Gasteiger charge is 2.06. The van der Waals surface area contributed by atoms with Crippen molar-refractivity contribution in [2.24, 2.45) is 0 Å². The Bertz CT molecular complexity index is 416. The number of hydrogen-bond acceptors (Lipinski definition) is 4. The van der Waals surface area contributed by atoms with Gasteiger partial charge in [0.05, 0.1) is 0 Å². The highest BCUT2D eigenvalue weighted by atomic mass is 35.5. The number of nitrogens with zero attached hydrogens (tertiary/aromatic N) is 2. The number of halogens is 1. The summed E-state index contributed by atoms with van der Waals surface area (Å²) < 4.78 is 4.99. The first-order valence-electron chi connectivity index (χ1n) is 4.59. The standard InChI is InChI=1S/C10H10ClN3O/c11-6-7-12-10-13-9(14-15-10)8-4-2-1-3-5-8/h1-5H,6-7H2,(H,12,13,14). The monoisotopic (exact) mass is 223 g/mol. The van der Waals surface area contributed by atoms with E-state index in [-0.39, 0.29) is 0 Å². The zero-order valence-electron chi connectivity index (χ0n) is 7.98. The summed E-state index contributed by atoms with van der Waals surface area (Å²) in [7, 11) is 0. The second-order valence-electron chi connectivity index (χ2n) is 2.90. The fourth-order valence-electron chi connectivity index (χ4n) is 1.15. The van der Waals surface area contributed by atoms with Crippen LogP contribution in [-0.2, 0) is 0 Å². The molecule has 0 saturated heterocycles. The van der Waals surface area contributed by atoms with Crippen LogP contribution in [0, 0.1) is 0 Å². The third-order valence-corrected chi connectivity index (χ3v) is 2.02. The molecule has 0 saturated carbocycles. The van der Waals surface area contributed by atoms with Crippen molar-refractivity contribution in [3.63, 3.8) is 0 Å². The minimum atomic E-state index is 0.398. The van der Waals surface area contributed by atoms with Crippen LogP contribution in [0.2, 0.25) is 0 Å². The van der Waals surface area contributed by atoms with Gasteiger partial charge in [0.15, 0.2) is 0 Å². The molecule has 1 heterocycles. The van der Waals surface area contributed by atoms with Crippen LogP contribution in [-0.4, -0.2) is 22.6 Å². The van der Waals surface area contributed by atoms with Gasteiger partial charge in [-0.1, -0.05) is 35.5 Å². The largest absolute Gasteiger partial charge is 0.337 e. The molecule has 1 aromatic carbocycles. The Morgan fingerprint density at radius 2 is 2.07 bits per heavy atom. The highest BCUT2D eigenvalue weighted by Crippen LogP contribution is 2.16. The Hall–Kier alpha value is -1.55. The molecule has 1 aromatic heterocycles. The average molecular weight is 224 g/mol. The lowest BCUT2D eigenvalue weighted by Crippen LogP contribution is -2.02. The number of rotatable bonds is 4. The molecule has 0 unspecified atom stereocenters. The molecule has 0 amide bonds. The van der Waals surface area contributed by atoms with Crippen LogP contribution in [0.3, 0.4) is 0 Å². The lowest BCUT2D eigenvalue weighted by atomic mass is 10.2. The third kappa shape index (κ3) is 2.47. The molecule has 4 nitrogen and oxygen atoms in total. The molecule has 15 heavy (non-hydrogen) atoms. The number of anilines is 1. The van der Waals surface area contributed by atoms with Gasteiger partial charge in [-0.25, -0.2) is 0 Å². The molecule has 0 aliphatic carbocycles. The minimum Gasteiger partial charge on any atom is -0.337 e. The van der Waals surface area contributed by atoms with Crippen LogP contribution in [0.4, 0.5) is 6.01 Å². The summed E-state index contributed by atoms with van der Waals surface area (Å²) in [5.74, 6) is 1.08. The van der Waals surface area contributed by atoms with Crippen molar-refractivity contribution in [1.29, 1.82) is 0 Å². The number of aromatic nitrogens is 2. The zero-order valence-corrected chi connectivity index (χ0v) is 8.74. The first kappa shape index (κ1) is 9.98. The topological polar surface area (TPSA) is 51.0 Å². The maximum Gasteiger partial charge on any atom is 0.321 e. The van der Waals surface area contributed by atoms with Crippen molar-refractivity contribution in [2.75, 3.05) is 17.7 Å². The van der Waals surface area contributed by atoms with E-state index in [1.54, 1.807) is 0 Å². The van der Waals surface area contributed by atoms with Gasteiger partial charge in [-0.3, -0.25) is 0 Å². The fourth-order valence-corrected chi connectivity index (χ4v) is 1.25. The Morgan fingerprint density at radius 1 is 1.27 bits per heavy atom. The van der Waals surface area contributed by atoms with Gasteiger partial charge >= 0.3 is 6.01 Å². The summed E-state index contributed by atoms with van der Waals surface area (Å²) in [4.78, 5) is 4.17. The van der Waals surface area contributed by atoms with E-state index in [1.807, 2.05) is 30.3 Å². The molecule has 2 aromatic rings. The van der Waals surface area contributed by atoms with Crippen molar-refractivity contribution in [1.82, 2.24) is 10.1 Å². The van der Waals surface area contributed by atoms with E-state index >= 15 is 0 Å². The Labute approximate surface area is 92.3 Å². The van der Waals surface area contributed by atoms with E-state index in [0.717, 1.165) is 5.56 Å². The second kappa shape index (κ2) is 4.79. The van der Waals surface area contributed by atoms with E-state index in [0.29, 0.717) is 24.3 Å². The minimum absolute atomic E-state index is 0.398. The summed E-state index contributed by atoms with van der Waals surface area (Å²) in [5.41, 5.74) is 0.931. The Balaban J connectivity index is 2.14. The molecule has 0 radical (unpaired) electrons. The number of alkyl halides is 1. The molecular formula is C10H10ClN3O. The predicted octanol–water partition coefficient (Wildman–Crippen LogP) is 2.39. The van der Waals surface area contributed by atoms with Crippen molar-refractivity contribution in [3.8, 4) is 11.4 Å². The van der Waals surface area contributed by atoms with Crippen molar-refractivity contribution < 1.29 is 4.52 Å². The van der Waals surface area contributed by atoms with Gasteiger partial charge in [-0.05, 0) is 0 Å². The quantitative estimate of drug-likeness (QED) is 0.809. The van der Waals surface area contributed by atoms with Crippen LogP contribution >= 0.6 is 11.6 Å². The highest BCUT2D eigenvalue weighted by molar-refractivity contribution is 6.18. The number of nitrogens with one attached hydrogen (secondary N) is 1. The molecule has 5 heteroatoms. The zero-order chi connectivity index (χ0) is 10.5. The van der Waals surface area contributed by atoms with Gasteiger partial charge in [-0.15, -0.1) is 11.6 Å². The molecule has 0 spiro atoms. The maximum absolute atomic E-state index is 5.52. The average Bonchev–Trinajstić information content (AvgIpc) is 2.76. The second-order valence-corrected chi connectivity index (χ2v) is 3.28.